The molecule has 6 aromatic carbocycles. The van der Waals surface area contributed by atoms with Crippen LogP contribution in [0.4, 0.5) is 17.1 Å². The lowest BCUT2D eigenvalue weighted by Gasteiger charge is -2.25. The number of para-hydroxylation sites is 2. The van der Waals surface area contributed by atoms with Gasteiger partial charge in [-0.2, -0.15) is 0 Å². The van der Waals surface area contributed by atoms with E-state index in [0.717, 1.165) is 28.5 Å². The number of nitrogens with zero attached hydrogens (tertiary/aromatic N) is 1. The van der Waals surface area contributed by atoms with Gasteiger partial charge in [0.1, 0.15) is 0 Å². The van der Waals surface area contributed by atoms with Crippen LogP contribution in [-0.2, 0) is 6.42 Å². The third kappa shape index (κ3) is 4.31. The van der Waals surface area contributed by atoms with Crippen LogP contribution in [0.2, 0.25) is 5.02 Å². The highest BCUT2D eigenvalue weighted by Crippen LogP contribution is 2.44. The van der Waals surface area contributed by atoms with Crippen LogP contribution >= 0.6 is 11.6 Å². The van der Waals surface area contributed by atoms with E-state index in [2.05, 4.69) is 144 Å². The van der Waals surface area contributed by atoms with E-state index < -0.39 is 0 Å². The van der Waals surface area contributed by atoms with Gasteiger partial charge in [0.15, 0.2) is 0 Å². The van der Waals surface area contributed by atoms with Gasteiger partial charge >= 0.3 is 0 Å². The van der Waals surface area contributed by atoms with E-state index in [1.54, 1.807) is 0 Å². The summed E-state index contributed by atoms with van der Waals surface area (Å²) in [5, 5.41) is 0.830. The molecule has 1 aliphatic carbocycles. The third-order valence-corrected chi connectivity index (χ3v) is 7.95. The summed E-state index contributed by atoms with van der Waals surface area (Å²) in [5.41, 5.74) is 13.3. The van der Waals surface area contributed by atoms with Crippen LogP contribution in [0.15, 0.2) is 146 Å². The van der Waals surface area contributed by atoms with E-state index in [1.165, 1.54) is 44.5 Å². The number of hydrogen-bond donors (Lipinski definition) is 0. The summed E-state index contributed by atoms with van der Waals surface area (Å²) >= 11 is 6.70. The number of halogens is 1. The van der Waals surface area contributed by atoms with Crippen molar-refractivity contribution >= 4 is 28.7 Å². The Morgan fingerprint density at radius 2 is 0.974 bits per heavy atom. The standard InChI is InChI=1S/C37H26ClN/c38-37-17-9-16-34-32-14-7-8-15-33(32)35-24-27(18-19-28(35)25-36(34)37)26-20-22-31(23-21-26)39(29-10-3-1-4-11-29)30-12-5-2-6-13-30/h1-24H,25H2. The van der Waals surface area contributed by atoms with Crippen molar-refractivity contribution < 1.29 is 0 Å². The Morgan fingerprint density at radius 3 is 1.64 bits per heavy atom. The van der Waals surface area contributed by atoms with Crippen molar-refractivity contribution in [3.63, 3.8) is 0 Å². The van der Waals surface area contributed by atoms with Crippen molar-refractivity contribution in [2.75, 3.05) is 4.90 Å². The summed E-state index contributed by atoms with van der Waals surface area (Å²) in [6.07, 6.45) is 0.821. The van der Waals surface area contributed by atoms with Gasteiger partial charge in [0.25, 0.3) is 0 Å². The molecule has 0 radical (unpaired) electrons. The van der Waals surface area contributed by atoms with Gasteiger partial charge in [-0.05, 0) is 93.0 Å². The molecule has 0 heterocycles. The predicted molar refractivity (Wildman–Crippen MR) is 165 cm³/mol. The number of anilines is 3. The molecule has 0 aliphatic heterocycles. The molecule has 0 fully saturated rings. The van der Waals surface area contributed by atoms with Crippen LogP contribution in [0, 0.1) is 0 Å². The second kappa shape index (κ2) is 9.94. The molecule has 2 heteroatoms. The maximum atomic E-state index is 6.70. The summed E-state index contributed by atoms with van der Waals surface area (Å²) in [6, 6.07) is 51.7. The summed E-state index contributed by atoms with van der Waals surface area (Å²) in [4.78, 5) is 2.29. The molecule has 0 N–H and O–H groups in total. The molecule has 1 nitrogen and oxygen atoms in total. The maximum absolute atomic E-state index is 6.70. The summed E-state index contributed by atoms with van der Waals surface area (Å²) < 4.78 is 0. The lowest BCUT2D eigenvalue weighted by atomic mass is 9.92. The molecule has 186 valence electrons. The normalized spacial score (nSPS) is 11.6. The smallest absolute Gasteiger partial charge is 0.0462 e. The summed E-state index contributed by atoms with van der Waals surface area (Å²) in [6.45, 7) is 0. The van der Waals surface area contributed by atoms with E-state index in [-0.39, 0.29) is 0 Å². The van der Waals surface area contributed by atoms with Gasteiger partial charge in [-0.1, -0.05) is 109 Å². The fourth-order valence-corrected chi connectivity index (χ4v) is 5.94. The topological polar surface area (TPSA) is 3.24 Å². The fourth-order valence-electron chi connectivity index (χ4n) is 5.70. The first-order valence-electron chi connectivity index (χ1n) is 13.3. The minimum atomic E-state index is 0.821. The van der Waals surface area contributed by atoms with Crippen molar-refractivity contribution in [2.45, 2.75) is 6.42 Å². The molecule has 0 bridgehead atoms. The maximum Gasteiger partial charge on any atom is 0.0462 e. The molecule has 0 atom stereocenters. The Labute approximate surface area is 234 Å². The Morgan fingerprint density at radius 1 is 0.436 bits per heavy atom. The number of rotatable bonds is 4. The van der Waals surface area contributed by atoms with Gasteiger partial charge in [-0.15, -0.1) is 0 Å². The molecule has 0 spiro atoms. The summed E-state index contributed by atoms with van der Waals surface area (Å²) in [7, 11) is 0. The first kappa shape index (κ1) is 23.5. The van der Waals surface area contributed by atoms with Crippen molar-refractivity contribution in [2.24, 2.45) is 0 Å². The van der Waals surface area contributed by atoms with Crippen LogP contribution in [0.5, 0.6) is 0 Å². The molecule has 39 heavy (non-hydrogen) atoms. The highest BCUT2D eigenvalue weighted by atomic mass is 35.5. The molecule has 0 unspecified atom stereocenters. The predicted octanol–water partition coefficient (Wildman–Crippen LogP) is 10.7. The molecule has 0 saturated carbocycles. The van der Waals surface area contributed by atoms with Crippen molar-refractivity contribution in [1.29, 1.82) is 0 Å². The Bertz CT molecular complexity index is 1730. The average molecular weight is 520 g/mol. The molecule has 0 amide bonds. The third-order valence-electron chi connectivity index (χ3n) is 7.59. The van der Waals surface area contributed by atoms with E-state index in [0.29, 0.717) is 0 Å². The van der Waals surface area contributed by atoms with Crippen molar-refractivity contribution in [3.8, 4) is 33.4 Å². The zero-order valence-corrected chi connectivity index (χ0v) is 22.1. The Kier molecular flexibility index (Phi) is 6.00. The SMILES string of the molecule is Clc1cccc2c1Cc1ccc(-c3ccc(N(c4ccccc4)c4ccccc4)cc3)cc1-c1ccccc1-2. The van der Waals surface area contributed by atoms with Crippen LogP contribution < -0.4 is 4.90 Å². The Balaban J connectivity index is 1.30. The largest absolute Gasteiger partial charge is 0.311 e. The molecular weight excluding hydrogens is 494 g/mol. The number of fused-ring (bicyclic) bond motifs is 5. The second-order valence-corrected chi connectivity index (χ2v) is 10.3. The molecule has 0 saturated heterocycles. The lowest BCUT2D eigenvalue weighted by Crippen LogP contribution is -2.09. The van der Waals surface area contributed by atoms with E-state index in [4.69, 9.17) is 11.6 Å². The molecular formula is C37H26ClN. The molecule has 6 aromatic rings. The van der Waals surface area contributed by atoms with Crippen LogP contribution in [0.3, 0.4) is 0 Å². The lowest BCUT2D eigenvalue weighted by molar-refractivity contribution is 1.21. The van der Waals surface area contributed by atoms with Crippen molar-refractivity contribution in [1.82, 2.24) is 0 Å². The zero-order chi connectivity index (χ0) is 26.2. The van der Waals surface area contributed by atoms with Gasteiger partial charge in [0.05, 0.1) is 0 Å². The van der Waals surface area contributed by atoms with Gasteiger partial charge in [-0.25, -0.2) is 0 Å². The van der Waals surface area contributed by atoms with Crippen LogP contribution in [0.25, 0.3) is 33.4 Å². The summed E-state index contributed by atoms with van der Waals surface area (Å²) in [5.74, 6) is 0. The van der Waals surface area contributed by atoms with Gasteiger partial charge in [-0.3, -0.25) is 0 Å². The highest BCUT2D eigenvalue weighted by Gasteiger charge is 2.21. The van der Waals surface area contributed by atoms with Crippen molar-refractivity contribution in [3.05, 3.63) is 162 Å². The highest BCUT2D eigenvalue weighted by molar-refractivity contribution is 6.32. The molecule has 1 aliphatic rings. The monoisotopic (exact) mass is 519 g/mol. The second-order valence-electron chi connectivity index (χ2n) is 9.91. The molecule has 7 rings (SSSR count). The number of hydrogen-bond acceptors (Lipinski definition) is 1. The van der Waals surface area contributed by atoms with E-state index in [1.807, 2.05) is 6.07 Å². The minimum Gasteiger partial charge on any atom is -0.311 e. The fraction of sp³-hybridized carbons (Fsp3) is 0.0270. The first-order chi connectivity index (χ1) is 19.3. The van der Waals surface area contributed by atoms with E-state index in [9.17, 15) is 0 Å². The minimum absolute atomic E-state index is 0.821. The quantitative estimate of drug-likeness (QED) is 0.223. The van der Waals surface area contributed by atoms with Gasteiger partial charge in [0, 0.05) is 28.5 Å². The van der Waals surface area contributed by atoms with Gasteiger partial charge in [0.2, 0.25) is 0 Å². The average Bonchev–Trinajstić information content (AvgIpc) is 3.14. The first-order valence-corrected chi connectivity index (χ1v) is 13.6. The van der Waals surface area contributed by atoms with Gasteiger partial charge < -0.3 is 4.90 Å². The zero-order valence-electron chi connectivity index (χ0n) is 21.4. The van der Waals surface area contributed by atoms with Crippen LogP contribution in [-0.4, -0.2) is 0 Å². The number of benzene rings is 6. The Hall–Kier alpha value is -4.59. The van der Waals surface area contributed by atoms with E-state index >= 15 is 0 Å². The van der Waals surface area contributed by atoms with Crippen LogP contribution in [0.1, 0.15) is 11.1 Å². The molecule has 0 aromatic heterocycles.